The number of imide groups is 1. The molecule has 3 nitrogen and oxygen atoms in total. The number of benzene rings is 2. The van der Waals surface area contributed by atoms with E-state index in [1.165, 1.54) is 0 Å². The van der Waals surface area contributed by atoms with Crippen LogP contribution in [0.2, 0.25) is 5.02 Å². The number of hydrogen-bond donors (Lipinski definition) is 0. The molecule has 0 atom stereocenters. The van der Waals surface area contributed by atoms with E-state index in [2.05, 4.69) is 15.9 Å². The Hall–Kier alpha value is -1.56. The molecule has 0 aromatic heterocycles. The summed E-state index contributed by atoms with van der Waals surface area (Å²) in [6, 6.07) is 14.3. The third-order valence-corrected chi connectivity index (χ3v) is 5.26. The van der Waals surface area contributed by atoms with Gasteiger partial charge in [0.15, 0.2) is 0 Å². The molecule has 0 saturated carbocycles. The molecule has 6 heteroatoms. The smallest absolute Gasteiger partial charge is 0.268 e. The van der Waals surface area contributed by atoms with Crippen LogP contribution in [-0.4, -0.2) is 11.1 Å². The van der Waals surface area contributed by atoms with Gasteiger partial charge >= 0.3 is 0 Å². The summed E-state index contributed by atoms with van der Waals surface area (Å²) in [5.74, 6) is -0.317. The maximum absolute atomic E-state index is 12.7. The summed E-state index contributed by atoms with van der Waals surface area (Å²) < 4.78 is 0.959. The SMILES string of the molecule is C/C(=C1/SC(=O)N(c2cccc(Cl)c2)C1=O)c1ccc(Br)cc1. The van der Waals surface area contributed by atoms with Gasteiger partial charge in [0.1, 0.15) is 0 Å². The number of carbonyl (C=O) groups excluding carboxylic acids is 2. The van der Waals surface area contributed by atoms with Gasteiger partial charge in [0.05, 0.1) is 10.6 Å². The molecule has 0 bridgehead atoms. The van der Waals surface area contributed by atoms with Gasteiger partial charge in [-0.25, -0.2) is 4.90 Å². The quantitative estimate of drug-likeness (QED) is 0.595. The topological polar surface area (TPSA) is 37.4 Å². The summed E-state index contributed by atoms with van der Waals surface area (Å²) >= 11 is 10.3. The first-order valence-corrected chi connectivity index (χ1v) is 8.75. The molecule has 3 rings (SSSR count). The highest BCUT2D eigenvalue weighted by Gasteiger charge is 2.37. The van der Waals surface area contributed by atoms with Gasteiger partial charge in [-0.05, 0) is 60.2 Å². The number of amides is 2. The molecule has 1 fully saturated rings. The Morgan fingerprint density at radius 3 is 2.48 bits per heavy atom. The van der Waals surface area contributed by atoms with Gasteiger partial charge in [-0.2, -0.15) is 0 Å². The number of anilines is 1. The lowest BCUT2D eigenvalue weighted by molar-refractivity contribution is -0.113. The highest BCUT2D eigenvalue weighted by Crippen LogP contribution is 2.39. The van der Waals surface area contributed by atoms with Crippen molar-refractivity contribution in [3.05, 3.63) is 68.5 Å². The first kappa shape index (κ1) is 16.3. The predicted molar refractivity (Wildman–Crippen MR) is 98.7 cm³/mol. The van der Waals surface area contributed by atoms with E-state index in [4.69, 9.17) is 11.6 Å². The van der Waals surface area contributed by atoms with E-state index in [-0.39, 0.29) is 11.1 Å². The Bertz CT molecular complexity index is 833. The highest BCUT2D eigenvalue weighted by atomic mass is 79.9. The fraction of sp³-hybridized carbons (Fsp3) is 0.0588. The van der Waals surface area contributed by atoms with Crippen molar-refractivity contribution in [2.75, 3.05) is 4.90 Å². The van der Waals surface area contributed by atoms with Gasteiger partial charge in [-0.1, -0.05) is 45.7 Å². The molecule has 0 N–H and O–H groups in total. The third-order valence-electron chi connectivity index (χ3n) is 3.45. The van der Waals surface area contributed by atoms with Gasteiger partial charge in [-0.3, -0.25) is 9.59 Å². The minimum absolute atomic E-state index is 0.316. The van der Waals surface area contributed by atoms with Gasteiger partial charge in [0.2, 0.25) is 0 Å². The van der Waals surface area contributed by atoms with Crippen molar-refractivity contribution in [2.24, 2.45) is 0 Å². The third kappa shape index (κ3) is 3.22. The summed E-state index contributed by atoms with van der Waals surface area (Å²) in [7, 11) is 0. The predicted octanol–water partition coefficient (Wildman–Crippen LogP) is 5.73. The van der Waals surface area contributed by atoms with Gasteiger partial charge in [-0.15, -0.1) is 0 Å². The first-order valence-electron chi connectivity index (χ1n) is 6.76. The molecule has 0 unspecified atom stereocenters. The van der Waals surface area contributed by atoms with E-state index in [0.29, 0.717) is 15.6 Å². The van der Waals surface area contributed by atoms with Crippen molar-refractivity contribution in [3.63, 3.8) is 0 Å². The molecular formula is C17H11BrClNO2S. The Balaban J connectivity index is 2.00. The number of nitrogens with zero attached hydrogens (tertiary/aromatic N) is 1. The van der Waals surface area contributed by atoms with E-state index < -0.39 is 0 Å². The Morgan fingerprint density at radius 1 is 1.13 bits per heavy atom. The van der Waals surface area contributed by atoms with E-state index in [1.54, 1.807) is 24.3 Å². The molecule has 1 aliphatic heterocycles. The van der Waals surface area contributed by atoms with E-state index in [9.17, 15) is 9.59 Å². The zero-order valence-electron chi connectivity index (χ0n) is 12.0. The lowest BCUT2D eigenvalue weighted by Gasteiger charge is -2.12. The minimum Gasteiger partial charge on any atom is -0.268 e. The second-order valence-corrected chi connectivity index (χ2v) is 7.26. The summed E-state index contributed by atoms with van der Waals surface area (Å²) in [6.45, 7) is 1.85. The summed E-state index contributed by atoms with van der Waals surface area (Å²) in [5.41, 5.74) is 2.17. The standard InChI is InChI=1S/C17H11BrClNO2S/c1-10(11-5-7-12(18)8-6-11)15-16(21)20(17(22)23-15)14-4-2-3-13(19)9-14/h2-9H,1H3/b15-10-. The molecule has 23 heavy (non-hydrogen) atoms. The number of hydrogen-bond acceptors (Lipinski definition) is 3. The van der Waals surface area contributed by atoms with Crippen molar-refractivity contribution in [2.45, 2.75) is 6.92 Å². The van der Waals surface area contributed by atoms with Crippen LogP contribution in [0.1, 0.15) is 12.5 Å². The van der Waals surface area contributed by atoms with Gasteiger partial charge in [0.25, 0.3) is 11.1 Å². The number of carbonyl (C=O) groups is 2. The highest BCUT2D eigenvalue weighted by molar-refractivity contribution is 9.10. The average molecular weight is 409 g/mol. The zero-order chi connectivity index (χ0) is 16.6. The maximum atomic E-state index is 12.7. The second kappa shape index (κ2) is 6.51. The van der Waals surface area contributed by atoms with Crippen LogP contribution >= 0.6 is 39.3 Å². The van der Waals surface area contributed by atoms with Crippen molar-refractivity contribution < 1.29 is 9.59 Å². The summed E-state index contributed by atoms with van der Waals surface area (Å²) in [4.78, 5) is 26.6. The number of rotatable bonds is 2. The normalized spacial score (nSPS) is 16.9. The number of thioether (sulfide) groups is 1. The number of allylic oxidation sites excluding steroid dienone is 1. The number of halogens is 2. The Kier molecular flexibility index (Phi) is 4.62. The first-order chi connectivity index (χ1) is 11.0. The molecule has 1 saturated heterocycles. The fourth-order valence-electron chi connectivity index (χ4n) is 2.27. The fourth-order valence-corrected chi connectivity index (χ4v) is 3.62. The van der Waals surface area contributed by atoms with Crippen LogP contribution < -0.4 is 4.90 Å². The summed E-state index contributed by atoms with van der Waals surface area (Å²) in [6.07, 6.45) is 0. The lowest BCUT2D eigenvalue weighted by Crippen LogP contribution is -2.27. The maximum Gasteiger partial charge on any atom is 0.298 e. The Morgan fingerprint density at radius 2 is 1.83 bits per heavy atom. The molecule has 2 amide bonds. The van der Waals surface area contributed by atoms with Crippen LogP contribution in [0.4, 0.5) is 10.5 Å². The van der Waals surface area contributed by atoms with E-state index >= 15 is 0 Å². The van der Waals surface area contributed by atoms with Crippen LogP contribution in [-0.2, 0) is 4.79 Å². The van der Waals surface area contributed by atoms with Crippen LogP contribution in [0.5, 0.6) is 0 Å². The van der Waals surface area contributed by atoms with Crippen LogP contribution in [0.3, 0.4) is 0 Å². The summed E-state index contributed by atoms with van der Waals surface area (Å²) in [5, 5.41) is 0.166. The minimum atomic E-state index is -0.317. The molecule has 116 valence electrons. The average Bonchev–Trinajstić information content (AvgIpc) is 2.82. The molecule has 0 aliphatic carbocycles. The van der Waals surface area contributed by atoms with Crippen molar-refractivity contribution >= 4 is 61.7 Å². The monoisotopic (exact) mass is 407 g/mol. The van der Waals surface area contributed by atoms with E-state index in [0.717, 1.165) is 32.3 Å². The second-order valence-electron chi connectivity index (χ2n) is 4.95. The van der Waals surface area contributed by atoms with Crippen molar-refractivity contribution in [1.82, 2.24) is 0 Å². The van der Waals surface area contributed by atoms with Crippen LogP contribution in [0, 0.1) is 0 Å². The van der Waals surface area contributed by atoms with Crippen LogP contribution in [0.15, 0.2) is 57.9 Å². The zero-order valence-corrected chi connectivity index (χ0v) is 15.2. The molecular weight excluding hydrogens is 398 g/mol. The molecule has 2 aromatic rings. The molecule has 0 radical (unpaired) electrons. The molecule has 1 heterocycles. The van der Waals surface area contributed by atoms with Gasteiger partial charge in [0, 0.05) is 9.50 Å². The van der Waals surface area contributed by atoms with E-state index in [1.807, 2.05) is 31.2 Å². The van der Waals surface area contributed by atoms with Gasteiger partial charge < -0.3 is 0 Å². The van der Waals surface area contributed by atoms with Crippen molar-refractivity contribution in [1.29, 1.82) is 0 Å². The van der Waals surface area contributed by atoms with Crippen molar-refractivity contribution in [3.8, 4) is 0 Å². The van der Waals surface area contributed by atoms with Crippen LogP contribution in [0.25, 0.3) is 5.57 Å². The largest absolute Gasteiger partial charge is 0.298 e. The molecule has 1 aliphatic rings. The molecule has 2 aromatic carbocycles. The Labute approximate surface area is 151 Å². The lowest BCUT2D eigenvalue weighted by atomic mass is 10.1. The molecule has 0 spiro atoms.